The molecule has 1 aliphatic rings. The van der Waals surface area contributed by atoms with Crippen molar-refractivity contribution in [2.45, 2.75) is 6.42 Å². The van der Waals surface area contributed by atoms with Gasteiger partial charge in [-0.1, -0.05) is 12.1 Å². The molecule has 0 aliphatic carbocycles. The number of amides is 1. The molecule has 0 radical (unpaired) electrons. The Bertz CT molecular complexity index is 747. The minimum absolute atomic E-state index is 0.227. The van der Waals surface area contributed by atoms with E-state index in [4.69, 9.17) is 4.74 Å². The molecule has 0 saturated carbocycles. The highest BCUT2D eigenvalue weighted by Crippen LogP contribution is 2.26. The van der Waals surface area contributed by atoms with Crippen molar-refractivity contribution >= 4 is 11.6 Å². The van der Waals surface area contributed by atoms with Crippen LogP contribution >= 0.6 is 0 Å². The number of ether oxygens (including phenoxy) is 1. The van der Waals surface area contributed by atoms with Gasteiger partial charge in [-0.3, -0.25) is 4.79 Å². The van der Waals surface area contributed by atoms with E-state index in [2.05, 4.69) is 10.2 Å². The van der Waals surface area contributed by atoms with Crippen molar-refractivity contribution in [2.24, 2.45) is 5.92 Å². The highest BCUT2D eigenvalue weighted by Gasteiger charge is 2.24. The molecule has 4 nitrogen and oxygen atoms in total. The van der Waals surface area contributed by atoms with Crippen molar-refractivity contribution in [3.05, 3.63) is 59.7 Å². The van der Waals surface area contributed by atoms with Gasteiger partial charge < -0.3 is 15.0 Å². The predicted octanol–water partition coefficient (Wildman–Crippen LogP) is 3.23. The van der Waals surface area contributed by atoms with Gasteiger partial charge in [-0.2, -0.15) is 0 Å². The molecular formula is C19H20F2N2O2. The highest BCUT2D eigenvalue weighted by molar-refractivity contribution is 5.94. The summed E-state index contributed by atoms with van der Waals surface area (Å²) in [7, 11) is 1.63. The van der Waals surface area contributed by atoms with Crippen molar-refractivity contribution in [3.8, 4) is 5.75 Å². The summed E-state index contributed by atoms with van der Waals surface area (Å²) in [5.74, 6) is -1.38. The van der Waals surface area contributed by atoms with Gasteiger partial charge in [0.2, 0.25) is 0 Å². The van der Waals surface area contributed by atoms with E-state index in [1.54, 1.807) is 7.11 Å². The molecule has 6 heteroatoms. The van der Waals surface area contributed by atoms with Crippen LogP contribution in [-0.2, 0) is 0 Å². The zero-order valence-electron chi connectivity index (χ0n) is 14.0. The molecule has 1 atom stereocenters. The maximum Gasteiger partial charge on any atom is 0.257 e. The van der Waals surface area contributed by atoms with Crippen molar-refractivity contribution in [1.29, 1.82) is 0 Å². The van der Waals surface area contributed by atoms with E-state index in [1.165, 1.54) is 6.07 Å². The van der Waals surface area contributed by atoms with Crippen LogP contribution in [0.4, 0.5) is 14.5 Å². The average molecular weight is 346 g/mol. The molecule has 2 aromatic carbocycles. The van der Waals surface area contributed by atoms with E-state index in [0.29, 0.717) is 6.54 Å². The van der Waals surface area contributed by atoms with E-state index in [9.17, 15) is 13.6 Å². The number of nitrogens with one attached hydrogen (secondary N) is 1. The van der Waals surface area contributed by atoms with Crippen molar-refractivity contribution in [3.63, 3.8) is 0 Å². The molecule has 1 amide bonds. The van der Waals surface area contributed by atoms with Crippen LogP contribution in [0.25, 0.3) is 0 Å². The summed E-state index contributed by atoms with van der Waals surface area (Å²) in [6.07, 6.45) is 0.900. The summed E-state index contributed by atoms with van der Waals surface area (Å²) in [5, 5.41) is 2.65. The van der Waals surface area contributed by atoms with Gasteiger partial charge in [0.25, 0.3) is 5.91 Å². The Hall–Kier alpha value is -2.63. The van der Waals surface area contributed by atoms with Gasteiger partial charge in [-0.15, -0.1) is 0 Å². The van der Waals surface area contributed by atoms with Crippen molar-refractivity contribution in [2.75, 3.05) is 31.6 Å². The van der Waals surface area contributed by atoms with Crippen LogP contribution in [0.5, 0.6) is 5.75 Å². The molecule has 0 unspecified atom stereocenters. The van der Waals surface area contributed by atoms with E-state index in [-0.39, 0.29) is 5.92 Å². The zero-order valence-corrected chi connectivity index (χ0v) is 14.0. The van der Waals surface area contributed by atoms with Crippen LogP contribution in [0.15, 0.2) is 42.5 Å². The molecule has 0 bridgehead atoms. The van der Waals surface area contributed by atoms with Crippen LogP contribution < -0.4 is 15.0 Å². The van der Waals surface area contributed by atoms with Gasteiger partial charge in [0, 0.05) is 31.4 Å². The Morgan fingerprint density at radius 2 is 1.96 bits per heavy atom. The second kappa shape index (κ2) is 7.51. The summed E-state index contributed by atoms with van der Waals surface area (Å²) in [5.41, 5.74) is 0.540. The minimum Gasteiger partial charge on any atom is -0.497 e. The van der Waals surface area contributed by atoms with Gasteiger partial charge >= 0.3 is 0 Å². The Balaban J connectivity index is 1.57. The van der Waals surface area contributed by atoms with Crippen molar-refractivity contribution < 1.29 is 18.3 Å². The number of halogens is 2. The number of nitrogens with zero attached hydrogens (tertiary/aromatic N) is 1. The fourth-order valence-corrected chi connectivity index (χ4v) is 3.08. The first kappa shape index (κ1) is 17.2. The van der Waals surface area contributed by atoms with Gasteiger partial charge in [0.15, 0.2) is 0 Å². The normalized spacial score (nSPS) is 16.8. The minimum atomic E-state index is -0.845. The van der Waals surface area contributed by atoms with Gasteiger partial charge in [-0.05, 0) is 36.6 Å². The first-order valence-electron chi connectivity index (χ1n) is 8.19. The number of benzene rings is 2. The number of anilines is 1. The molecule has 1 aliphatic heterocycles. The Labute approximate surface area is 145 Å². The molecular weight excluding hydrogens is 326 g/mol. The van der Waals surface area contributed by atoms with Crippen molar-refractivity contribution in [1.82, 2.24) is 5.32 Å². The monoisotopic (exact) mass is 346 g/mol. The Kier molecular flexibility index (Phi) is 5.16. The van der Waals surface area contributed by atoms with Crippen LogP contribution in [0.1, 0.15) is 16.8 Å². The fourth-order valence-electron chi connectivity index (χ4n) is 3.08. The van der Waals surface area contributed by atoms with Crippen LogP contribution in [-0.4, -0.2) is 32.7 Å². The van der Waals surface area contributed by atoms with Crippen LogP contribution in [0.3, 0.4) is 0 Å². The number of carbonyl (C=O) groups excluding carboxylic acids is 1. The lowest BCUT2D eigenvalue weighted by Crippen LogP contribution is -2.32. The Morgan fingerprint density at radius 3 is 2.68 bits per heavy atom. The molecule has 132 valence electrons. The molecule has 1 fully saturated rings. The molecule has 0 spiro atoms. The third-order valence-electron chi connectivity index (χ3n) is 4.45. The number of hydrogen-bond acceptors (Lipinski definition) is 3. The lowest BCUT2D eigenvalue weighted by molar-refractivity contribution is 0.0940. The first-order chi connectivity index (χ1) is 12.1. The third-order valence-corrected chi connectivity index (χ3v) is 4.45. The lowest BCUT2D eigenvalue weighted by atomic mass is 10.1. The summed E-state index contributed by atoms with van der Waals surface area (Å²) in [6, 6.07) is 11.2. The largest absolute Gasteiger partial charge is 0.497 e. The smallest absolute Gasteiger partial charge is 0.257 e. The molecule has 0 aromatic heterocycles. The summed E-state index contributed by atoms with van der Waals surface area (Å²) < 4.78 is 32.5. The molecule has 1 saturated heterocycles. The van der Waals surface area contributed by atoms with Crippen LogP contribution in [0.2, 0.25) is 0 Å². The predicted molar refractivity (Wildman–Crippen MR) is 92.0 cm³/mol. The maximum atomic E-state index is 13.6. The SMILES string of the molecule is COc1cccc(N2CC[C@@H](CNC(=O)c3c(F)cccc3F)C2)c1. The summed E-state index contributed by atoms with van der Waals surface area (Å²) >= 11 is 0. The standard InChI is InChI=1S/C19H20F2N2O2/c1-25-15-5-2-4-14(10-15)23-9-8-13(12-23)11-22-19(24)18-16(20)6-3-7-17(18)21/h2-7,10,13H,8-9,11-12H2,1H3,(H,22,24)/t13-/m0/s1. The Morgan fingerprint density at radius 1 is 1.24 bits per heavy atom. The molecule has 3 rings (SSSR count). The van der Waals surface area contributed by atoms with E-state index < -0.39 is 23.1 Å². The number of methoxy groups -OCH3 is 1. The number of hydrogen-bond donors (Lipinski definition) is 1. The molecule has 2 aromatic rings. The maximum absolute atomic E-state index is 13.6. The summed E-state index contributed by atoms with van der Waals surface area (Å²) in [4.78, 5) is 14.3. The molecule has 1 heterocycles. The van der Waals surface area contributed by atoms with Gasteiger partial charge in [-0.25, -0.2) is 8.78 Å². The number of carbonyl (C=O) groups is 1. The van der Waals surface area contributed by atoms with Gasteiger partial charge in [0.05, 0.1) is 7.11 Å². The third kappa shape index (κ3) is 3.90. The quantitative estimate of drug-likeness (QED) is 0.904. The zero-order chi connectivity index (χ0) is 17.8. The topological polar surface area (TPSA) is 41.6 Å². The average Bonchev–Trinajstić information content (AvgIpc) is 3.09. The van der Waals surface area contributed by atoms with E-state index in [1.807, 2.05) is 24.3 Å². The summed E-state index contributed by atoms with van der Waals surface area (Å²) in [6.45, 7) is 2.02. The van der Waals surface area contributed by atoms with Crippen LogP contribution in [0, 0.1) is 17.6 Å². The second-order valence-electron chi connectivity index (χ2n) is 6.11. The second-order valence-corrected chi connectivity index (χ2v) is 6.11. The molecule has 1 N–H and O–H groups in total. The highest BCUT2D eigenvalue weighted by atomic mass is 19.1. The lowest BCUT2D eigenvalue weighted by Gasteiger charge is -2.19. The molecule has 25 heavy (non-hydrogen) atoms. The van der Waals surface area contributed by atoms with E-state index >= 15 is 0 Å². The fraction of sp³-hybridized carbons (Fsp3) is 0.316. The first-order valence-corrected chi connectivity index (χ1v) is 8.19. The van der Waals surface area contributed by atoms with E-state index in [0.717, 1.165) is 43.1 Å². The van der Waals surface area contributed by atoms with Gasteiger partial charge in [0.1, 0.15) is 22.9 Å². The number of rotatable bonds is 5.